The number of methoxy groups -OCH3 is 1. The van der Waals surface area contributed by atoms with Crippen molar-refractivity contribution in [3.63, 3.8) is 0 Å². The summed E-state index contributed by atoms with van der Waals surface area (Å²) in [4.78, 5) is 20.6. The van der Waals surface area contributed by atoms with E-state index in [2.05, 4.69) is 21.7 Å². The quantitative estimate of drug-likeness (QED) is 0.845. The summed E-state index contributed by atoms with van der Waals surface area (Å²) in [5.74, 6) is 0.338. The number of likely N-dealkylation sites (tertiary alicyclic amines) is 1. The number of esters is 1. The number of pyridine rings is 1. The first-order valence-electron chi connectivity index (χ1n) is 7.35. The Balaban J connectivity index is 2.12. The molecule has 0 unspecified atom stereocenters. The zero-order valence-electron chi connectivity index (χ0n) is 13.0. The van der Waals surface area contributed by atoms with E-state index in [0.29, 0.717) is 17.3 Å². The first kappa shape index (κ1) is 15.6. The van der Waals surface area contributed by atoms with Gasteiger partial charge in [-0.05, 0) is 25.5 Å². The molecule has 2 N–H and O–H groups in total. The second-order valence-electron chi connectivity index (χ2n) is 5.40. The fourth-order valence-corrected chi connectivity index (χ4v) is 2.74. The average Bonchev–Trinajstić information content (AvgIpc) is 2.54. The number of anilines is 2. The van der Waals surface area contributed by atoms with E-state index in [1.165, 1.54) is 13.3 Å². The van der Waals surface area contributed by atoms with E-state index < -0.39 is 5.97 Å². The van der Waals surface area contributed by atoms with Crippen LogP contribution in [0.2, 0.25) is 0 Å². The van der Waals surface area contributed by atoms with Crippen LogP contribution in [-0.2, 0) is 4.74 Å². The number of piperidine rings is 1. The molecule has 0 aliphatic carbocycles. The van der Waals surface area contributed by atoms with Gasteiger partial charge in [-0.2, -0.15) is 0 Å². The van der Waals surface area contributed by atoms with Gasteiger partial charge in [-0.3, -0.25) is 0 Å². The van der Waals surface area contributed by atoms with Gasteiger partial charge in [-0.1, -0.05) is 6.92 Å². The minimum Gasteiger partial charge on any atom is -0.465 e. The van der Waals surface area contributed by atoms with E-state index in [-0.39, 0.29) is 0 Å². The van der Waals surface area contributed by atoms with Crippen LogP contribution in [0.25, 0.3) is 0 Å². The third-order valence-corrected chi connectivity index (χ3v) is 4.24. The first-order valence-corrected chi connectivity index (χ1v) is 7.35. The van der Waals surface area contributed by atoms with Crippen molar-refractivity contribution < 1.29 is 9.53 Å². The summed E-state index contributed by atoms with van der Waals surface area (Å²) < 4.78 is 4.75. The highest BCUT2D eigenvalue weighted by molar-refractivity contribution is 5.95. The molecule has 0 spiro atoms. The van der Waals surface area contributed by atoms with Gasteiger partial charge >= 0.3 is 5.97 Å². The Bertz CT molecular complexity index is 498. The average molecular weight is 292 g/mol. The van der Waals surface area contributed by atoms with Crippen molar-refractivity contribution in [1.82, 2.24) is 9.88 Å². The molecule has 21 heavy (non-hydrogen) atoms. The van der Waals surface area contributed by atoms with Crippen LogP contribution in [-0.4, -0.2) is 55.7 Å². The SMILES string of the molecule is CCN1CCC(N(C)c2cc(C(=O)OC)c(N)cn2)CC1. The second-order valence-corrected chi connectivity index (χ2v) is 5.40. The molecule has 6 heteroatoms. The molecule has 2 heterocycles. The summed E-state index contributed by atoms with van der Waals surface area (Å²) in [5.41, 5.74) is 6.51. The van der Waals surface area contributed by atoms with Crippen molar-refractivity contribution in [2.24, 2.45) is 0 Å². The summed E-state index contributed by atoms with van der Waals surface area (Å²) >= 11 is 0. The van der Waals surface area contributed by atoms with Crippen LogP contribution in [0.5, 0.6) is 0 Å². The number of hydrogen-bond acceptors (Lipinski definition) is 6. The molecular weight excluding hydrogens is 268 g/mol. The van der Waals surface area contributed by atoms with Crippen LogP contribution in [0, 0.1) is 0 Å². The Kier molecular flexibility index (Phi) is 5.01. The van der Waals surface area contributed by atoms with Crippen LogP contribution in [0.3, 0.4) is 0 Å². The maximum absolute atomic E-state index is 11.7. The van der Waals surface area contributed by atoms with Crippen molar-refractivity contribution in [3.05, 3.63) is 17.8 Å². The van der Waals surface area contributed by atoms with Gasteiger partial charge in [0.2, 0.25) is 0 Å². The van der Waals surface area contributed by atoms with Crippen molar-refractivity contribution in [1.29, 1.82) is 0 Å². The largest absolute Gasteiger partial charge is 0.465 e. The van der Waals surface area contributed by atoms with Crippen LogP contribution in [0.4, 0.5) is 11.5 Å². The molecule has 2 rings (SSSR count). The van der Waals surface area contributed by atoms with E-state index >= 15 is 0 Å². The summed E-state index contributed by atoms with van der Waals surface area (Å²) in [6.07, 6.45) is 3.73. The third-order valence-electron chi connectivity index (χ3n) is 4.24. The highest BCUT2D eigenvalue weighted by Gasteiger charge is 2.23. The number of rotatable bonds is 4. The Morgan fingerprint density at radius 2 is 2.19 bits per heavy atom. The molecule has 0 radical (unpaired) electrons. The zero-order chi connectivity index (χ0) is 15.4. The van der Waals surface area contributed by atoms with Crippen molar-refractivity contribution in [2.45, 2.75) is 25.8 Å². The summed E-state index contributed by atoms with van der Waals surface area (Å²) in [6, 6.07) is 2.15. The van der Waals surface area contributed by atoms with E-state index in [1.807, 2.05) is 7.05 Å². The number of ether oxygens (including phenoxy) is 1. The van der Waals surface area contributed by atoms with Crippen molar-refractivity contribution >= 4 is 17.5 Å². The standard InChI is InChI=1S/C15H24N4O2/c1-4-19-7-5-11(6-8-19)18(2)14-9-12(15(20)21-3)13(16)10-17-14/h9-11H,4-8,16H2,1-3H3. The zero-order valence-corrected chi connectivity index (χ0v) is 13.0. The smallest absolute Gasteiger partial charge is 0.340 e. The Morgan fingerprint density at radius 1 is 1.52 bits per heavy atom. The molecule has 0 saturated carbocycles. The molecule has 116 valence electrons. The second kappa shape index (κ2) is 6.76. The molecule has 6 nitrogen and oxygen atoms in total. The number of carbonyl (C=O) groups is 1. The molecule has 0 aromatic carbocycles. The predicted octanol–water partition coefficient (Wildman–Crippen LogP) is 1.37. The van der Waals surface area contributed by atoms with Gasteiger partial charge < -0.3 is 20.3 Å². The molecule has 0 bridgehead atoms. The molecule has 1 aliphatic rings. The normalized spacial score (nSPS) is 16.7. The molecule has 1 fully saturated rings. The molecule has 0 atom stereocenters. The number of nitrogen functional groups attached to an aromatic ring is 1. The van der Waals surface area contributed by atoms with Crippen LogP contribution < -0.4 is 10.6 Å². The van der Waals surface area contributed by atoms with Crippen LogP contribution in [0.1, 0.15) is 30.1 Å². The maximum Gasteiger partial charge on any atom is 0.340 e. The maximum atomic E-state index is 11.7. The van der Waals surface area contributed by atoms with E-state index in [4.69, 9.17) is 10.5 Å². The van der Waals surface area contributed by atoms with Crippen molar-refractivity contribution in [2.75, 3.05) is 44.4 Å². The molecule has 1 saturated heterocycles. The number of hydrogen-bond donors (Lipinski definition) is 1. The molecule has 0 amide bonds. The van der Waals surface area contributed by atoms with E-state index in [0.717, 1.165) is 38.3 Å². The number of nitrogens with zero attached hydrogens (tertiary/aromatic N) is 3. The van der Waals surface area contributed by atoms with Gasteiger partial charge in [-0.25, -0.2) is 9.78 Å². The Labute approximate surface area is 125 Å². The molecule has 1 aliphatic heterocycles. The monoisotopic (exact) mass is 292 g/mol. The van der Waals surface area contributed by atoms with Gasteiger partial charge in [-0.15, -0.1) is 0 Å². The highest BCUT2D eigenvalue weighted by Crippen LogP contribution is 2.23. The fourth-order valence-electron chi connectivity index (χ4n) is 2.74. The fraction of sp³-hybridized carbons (Fsp3) is 0.600. The topological polar surface area (TPSA) is 71.7 Å². The minimum atomic E-state index is -0.426. The third kappa shape index (κ3) is 3.44. The lowest BCUT2D eigenvalue weighted by Crippen LogP contribution is -2.43. The lowest BCUT2D eigenvalue weighted by Gasteiger charge is -2.37. The Morgan fingerprint density at radius 3 is 2.76 bits per heavy atom. The predicted molar refractivity (Wildman–Crippen MR) is 83.5 cm³/mol. The van der Waals surface area contributed by atoms with E-state index in [1.54, 1.807) is 6.07 Å². The Hall–Kier alpha value is -1.82. The van der Waals surface area contributed by atoms with Gasteiger partial charge in [0, 0.05) is 26.2 Å². The van der Waals surface area contributed by atoms with Gasteiger partial charge in [0.25, 0.3) is 0 Å². The lowest BCUT2D eigenvalue weighted by molar-refractivity contribution is 0.0602. The summed E-state index contributed by atoms with van der Waals surface area (Å²) in [6.45, 7) is 5.49. The van der Waals surface area contributed by atoms with Crippen LogP contribution >= 0.6 is 0 Å². The lowest BCUT2D eigenvalue weighted by atomic mass is 10.0. The molecular formula is C15H24N4O2. The summed E-state index contributed by atoms with van der Waals surface area (Å²) in [7, 11) is 3.37. The summed E-state index contributed by atoms with van der Waals surface area (Å²) in [5, 5.41) is 0. The molecule has 1 aromatic heterocycles. The minimum absolute atomic E-state index is 0.347. The van der Waals surface area contributed by atoms with Crippen molar-refractivity contribution in [3.8, 4) is 0 Å². The van der Waals surface area contributed by atoms with Gasteiger partial charge in [0.05, 0.1) is 24.6 Å². The first-order chi connectivity index (χ1) is 10.1. The highest BCUT2D eigenvalue weighted by atomic mass is 16.5. The number of nitrogens with two attached hydrogens (primary N) is 1. The number of carbonyl (C=O) groups excluding carboxylic acids is 1. The van der Waals surface area contributed by atoms with E-state index in [9.17, 15) is 4.79 Å². The molecule has 1 aromatic rings. The number of aromatic nitrogens is 1. The van der Waals surface area contributed by atoms with Gasteiger partial charge in [0.15, 0.2) is 0 Å². The van der Waals surface area contributed by atoms with Gasteiger partial charge in [0.1, 0.15) is 5.82 Å². The van der Waals surface area contributed by atoms with Crippen LogP contribution in [0.15, 0.2) is 12.3 Å².